The molecular weight excluding hydrogens is 282 g/mol. The molecule has 0 aliphatic heterocycles. The van der Waals surface area contributed by atoms with Crippen molar-refractivity contribution >= 4 is 27.4 Å². The molecule has 3 aromatic heterocycles. The third kappa shape index (κ3) is 2.90. The minimum absolute atomic E-state index is 0.236. The lowest BCUT2D eigenvalue weighted by atomic mass is 10.3. The molecule has 1 atom stereocenters. The van der Waals surface area contributed by atoms with E-state index in [2.05, 4.69) is 51.7 Å². The molecule has 3 heterocycles. The standard InChI is InChI=1S/C15H19N5S/c1-9-7-11(3)20(19-9)8-10(2)16-14-13-5-6-21-15(13)18-12(4)17-14/h5-7,10H,8H2,1-4H3,(H,16,17,18)/t10-/m0/s1. The summed E-state index contributed by atoms with van der Waals surface area (Å²) in [5, 5.41) is 11.1. The molecule has 0 bridgehead atoms. The largest absolute Gasteiger partial charge is 0.365 e. The maximum absolute atomic E-state index is 4.54. The summed E-state index contributed by atoms with van der Waals surface area (Å²) in [5.41, 5.74) is 2.23. The van der Waals surface area contributed by atoms with E-state index in [-0.39, 0.29) is 6.04 Å². The quantitative estimate of drug-likeness (QED) is 0.803. The maximum atomic E-state index is 4.54. The summed E-state index contributed by atoms with van der Waals surface area (Å²) in [4.78, 5) is 10.0. The van der Waals surface area contributed by atoms with Crippen LogP contribution in [0.5, 0.6) is 0 Å². The predicted octanol–water partition coefficient (Wildman–Crippen LogP) is 3.31. The van der Waals surface area contributed by atoms with Crippen LogP contribution in [-0.4, -0.2) is 25.8 Å². The number of aromatic nitrogens is 4. The molecule has 0 aliphatic rings. The van der Waals surface area contributed by atoms with E-state index < -0.39 is 0 Å². The summed E-state index contributed by atoms with van der Waals surface area (Å²) in [7, 11) is 0. The van der Waals surface area contributed by atoms with Crippen LogP contribution in [-0.2, 0) is 6.54 Å². The van der Waals surface area contributed by atoms with Crippen molar-refractivity contribution < 1.29 is 0 Å². The van der Waals surface area contributed by atoms with Crippen LogP contribution < -0.4 is 5.32 Å². The van der Waals surface area contributed by atoms with Crippen molar-refractivity contribution in [3.63, 3.8) is 0 Å². The van der Waals surface area contributed by atoms with Crippen molar-refractivity contribution in [2.75, 3.05) is 5.32 Å². The molecule has 0 amide bonds. The second-order valence-corrected chi connectivity index (χ2v) is 6.31. The van der Waals surface area contributed by atoms with Crippen LogP contribution in [0.1, 0.15) is 24.1 Å². The number of rotatable bonds is 4. The Morgan fingerprint density at radius 3 is 2.81 bits per heavy atom. The molecule has 6 heteroatoms. The minimum Gasteiger partial charge on any atom is -0.365 e. The summed E-state index contributed by atoms with van der Waals surface area (Å²) < 4.78 is 2.03. The molecule has 0 spiro atoms. The van der Waals surface area contributed by atoms with Crippen molar-refractivity contribution in [3.05, 3.63) is 34.7 Å². The fourth-order valence-corrected chi connectivity index (χ4v) is 3.28. The fourth-order valence-electron chi connectivity index (χ4n) is 2.47. The van der Waals surface area contributed by atoms with Gasteiger partial charge in [-0.1, -0.05) is 0 Å². The van der Waals surface area contributed by atoms with Gasteiger partial charge in [0.05, 0.1) is 17.6 Å². The zero-order chi connectivity index (χ0) is 15.0. The smallest absolute Gasteiger partial charge is 0.138 e. The minimum atomic E-state index is 0.236. The van der Waals surface area contributed by atoms with Gasteiger partial charge in [-0.05, 0) is 45.2 Å². The molecule has 0 fully saturated rings. The van der Waals surface area contributed by atoms with Crippen LogP contribution in [0.15, 0.2) is 17.5 Å². The summed E-state index contributed by atoms with van der Waals surface area (Å²) in [5.74, 6) is 1.71. The molecule has 0 unspecified atom stereocenters. The molecule has 5 nitrogen and oxygen atoms in total. The normalized spacial score (nSPS) is 12.8. The number of nitrogens with one attached hydrogen (secondary N) is 1. The average Bonchev–Trinajstić information content (AvgIpc) is 2.96. The lowest BCUT2D eigenvalue weighted by Crippen LogP contribution is -2.24. The topological polar surface area (TPSA) is 55.6 Å². The Morgan fingerprint density at radius 2 is 2.10 bits per heavy atom. The monoisotopic (exact) mass is 301 g/mol. The third-order valence-corrected chi connectivity index (χ3v) is 4.18. The molecular formula is C15H19N5S. The number of hydrogen-bond donors (Lipinski definition) is 1. The molecule has 0 aliphatic carbocycles. The number of nitrogens with zero attached hydrogens (tertiary/aromatic N) is 4. The molecule has 0 aromatic carbocycles. The van der Waals surface area contributed by atoms with Crippen molar-refractivity contribution in [1.29, 1.82) is 0 Å². The number of hydrogen-bond acceptors (Lipinski definition) is 5. The molecule has 21 heavy (non-hydrogen) atoms. The van der Waals surface area contributed by atoms with Gasteiger partial charge < -0.3 is 5.32 Å². The van der Waals surface area contributed by atoms with Gasteiger partial charge >= 0.3 is 0 Å². The van der Waals surface area contributed by atoms with Gasteiger partial charge in [0.2, 0.25) is 0 Å². The van der Waals surface area contributed by atoms with Crippen LogP contribution in [0.4, 0.5) is 5.82 Å². The lowest BCUT2D eigenvalue weighted by Gasteiger charge is -2.16. The molecule has 1 N–H and O–H groups in total. The van der Waals surface area contributed by atoms with E-state index in [1.54, 1.807) is 11.3 Å². The number of fused-ring (bicyclic) bond motifs is 1. The van der Waals surface area contributed by atoms with Gasteiger partial charge in [0.15, 0.2) is 0 Å². The first-order valence-corrected chi connectivity index (χ1v) is 7.90. The molecule has 0 radical (unpaired) electrons. The Balaban J connectivity index is 1.81. The number of thiophene rings is 1. The van der Waals surface area contributed by atoms with Crippen molar-refractivity contribution in [2.24, 2.45) is 0 Å². The summed E-state index contributed by atoms with van der Waals surface area (Å²) >= 11 is 1.64. The molecule has 110 valence electrons. The van der Waals surface area contributed by atoms with Crippen molar-refractivity contribution in [1.82, 2.24) is 19.7 Å². The van der Waals surface area contributed by atoms with Crippen LogP contribution >= 0.6 is 11.3 Å². The first-order chi connectivity index (χ1) is 10.0. The Kier molecular flexibility index (Phi) is 3.63. The zero-order valence-corrected chi connectivity index (χ0v) is 13.5. The van der Waals surface area contributed by atoms with E-state index in [1.165, 1.54) is 5.69 Å². The Bertz CT molecular complexity index is 774. The highest BCUT2D eigenvalue weighted by atomic mass is 32.1. The van der Waals surface area contributed by atoms with Gasteiger partial charge in [0.1, 0.15) is 16.5 Å². The van der Waals surface area contributed by atoms with E-state index in [0.717, 1.165) is 34.1 Å². The lowest BCUT2D eigenvalue weighted by molar-refractivity contribution is 0.545. The highest BCUT2D eigenvalue weighted by molar-refractivity contribution is 7.16. The van der Waals surface area contributed by atoms with Gasteiger partial charge in [-0.25, -0.2) is 9.97 Å². The molecule has 3 rings (SSSR count). The van der Waals surface area contributed by atoms with E-state index >= 15 is 0 Å². The second-order valence-electron chi connectivity index (χ2n) is 5.41. The Hall–Kier alpha value is -1.95. The highest BCUT2D eigenvalue weighted by Crippen LogP contribution is 2.25. The van der Waals surface area contributed by atoms with E-state index in [9.17, 15) is 0 Å². The summed E-state index contributed by atoms with van der Waals surface area (Å²) in [6.45, 7) is 8.99. The van der Waals surface area contributed by atoms with Crippen LogP contribution in [0, 0.1) is 20.8 Å². The second kappa shape index (κ2) is 5.44. The van der Waals surface area contributed by atoms with Crippen molar-refractivity contribution in [3.8, 4) is 0 Å². The first kappa shape index (κ1) is 14.0. The predicted molar refractivity (Wildman–Crippen MR) is 86.9 cm³/mol. The van der Waals surface area contributed by atoms with Crippen LogP contribution in [0.25, 0.3) is 10.2 Å². The zero-order valence-electron chi connectivity index (χ0n) is 12.7. The molecule has 0 saturated carbocycles. The first-order valence-electron chi connectivity index (χ1n) is 7.02. The molecule has 3 aromatic rings. The number of anilines is 1. The molecule has 0 saturated heterocycles. The van der Waals surface area contributed by atoms with E-state index in [1.807, 2.05) is 18.5 Å². The Morgan fingerprint density at radius 1 is 1.29 bits per heavy atom. The van der Waals surface area contributed by atoms with Crippen LogP contribution in [0.2, 0.25) is 0 Å². The SMILES string of the molecule is Cc1cc(C)n(C[C@H](C)Nc2nc(C)nc3sccc23)n1. The maximum Gasteiger partial charge on any atom is 0.138 e. The summed E-state index contributed by atoms with van der Waals surface area (Å²) in [6.07, 6.45) is 0. The van der Waals surface area contributed by atoms with Gasteiger partial charge in [-0.2, -0.15) is 5.10 Å². The fraction of sp³-hybridized carbons (Fsp3) is 0.400. The highest BCUT2D eigenvalue weighted by Gasteiger charge is 2.11. The average molecular weight is 301 g/mol. The van der Waals surface area contributed by atoms with Gasteiger partial charge in [0, 0.05) is 11.7 Å². The van der Waals surface area contributed by atoms with E-state index in [0.29, 0.717) is 0 Å². The van der Waals surface area contributed by atoms with Crippen molar-refractivity contribution in [2.45, 2.75) is 40.3 Å². The number of aryl methyl sites for hydroxylation is 3. The Labute approximate surface area is 128 Å². The summed E-state index contributed by atoms with van der Waals surface area (Å²) in [6, 6.07) is 4.40. The van der Waals surface area contributed by atoms with Gasteiger partial charge in [0.25, 0.3) is 0 Å². The third-order valence-electron chi connectivity index (χ3n) is 3.37. The van der Waals surface area contributed by atoms with E-state index in [4.69, 9.17) is 0 Å². The van der Waals surface area contributed by atoms with Gasteiger partial charge in [-0.15, -0.1) is 11.3 Å². The van der Waals surface area contributed by atoms with Gasteiger partial charge in [-0.3, -0.25) is 4.68 Å². The van der Waals surface area contributed by atoms with Crippen LogP contribution in [0.3, 0.4) is 0 Å².